The molecule has 0 atom stereocenters. The van der Waals surface area contributed by atoms with Crippen molar-refractivity contribution in [1.29, 1.82) is 0 Å². The molecule has 0 bridgehead atoms. The number of aryl methyl sites for hydroxylation is 1. The first-order chi connectivity index (χ1) is 13.0. The Balaban J connectivity index is 1.81. The second-order valence-corrected chi connectivity index (χ2v) is 6.40. The van der Waals surface area contributed by atoms with Crippen molar-refractivity contribution in [3.8, 4) is 5.75 Å². The second-order valence-electron chi connectivity index (χ2n) is 6.40. The molecule has 3 rings (SSSR count). The van der Waals surface area contributed by atoms with E-state index in [0.717, 1.165) is 5.56 Å². The van der Waals surface area contributed by atoms with E-state index < -0.39 is 24.1 Å². The minimum absolute atomic E-state index is 0.00142. The van der Waals surface area contributed by atoms with Crippen molar-refractivity contribution >= 4 is 11.7 Å². The van der Waals surface area contributed by atoms with Gasteiger partial charge in [0.05, 0.1) is 26.4 Å². The number of hydrogen-bond donors (Lipinski definition) is 2. The number of fused-ring (bicyclic) bond motifs is 1. The quantitative estimate of drug-likeness (QED) is 0.488. The lowest BCUT2D eigenvalue weighted by Crippen LogP contribution is -2.37. The summed E-state index contributed by atoms with van der Waals surface area (Å²) in [4.78, 5) is 10.9. The molecule has 150 valence electrons. The maximum Gasteiger partial charge on any atom is 0.322 e. The molecular weight excluding hydrogens is 361 g/mol. The van der Waals surface area contributed by atoms with E-state index in [1.54, 1.807) is 13.2 Å². The number of nitrogens with one attached hydrogen (secondary N) is 1. The van der Waals surface area contributed by atoms with Gasteiger partial charge in [-0.05, 0) is 23.6 Å². The number of benzene rings is 1. The highest BCUT2D eigenvalue weighted by Crippen LogP contribution is 2.41. The number of anilines is 1. The fourth-order valence-electron chi connectivity index (χ4n) is 3.31. The zero-order chi connectivity index (χ0) is 19.3. The standard InChI is InChI=1S/C18H24FNO7/c1-23-4-5-24-11-25-14-8-12-2-3-18(26-6-7-27-18)9-13(12)16(19)17(14)20-10-15(21)22/h8,20H,2-7,9-11H2,1H3,(H,21,22). The lowest BCUT2D eigenvalue weighted by molar-refractivity contribution is -0.164. The van der Waals surface area contributed by atoms with E-state index in [1.807, 2.05) is 0 Å². The highest BCUT2D eigenvalue weighted by molar-refractivity contribution is 5.74. The van der Waals surface area contributed by atoms with E-state index in [4.69, 9.17) is 28.8 Å². The molecule has 0 aromatic heterocycles. The highest BCUT2D eigenvalue weighted by atomic mass is 19.1. The van der Waals surface area contributed by atoms with Gasteiger partial charge in [-0.2, -0.15) is 0 Å². The summed E-state index contributed by atoms with van der Waals surface area (Å²) in [7, 11) is 1.56. The van der Waals surface area contributed by atoms with Gasteiger partial charge >= 0.3 is 5.97 Å². The molecule has 2 aliphatic rings. The molecule has 27 heavy (non-hydrogen) atoms. The molecule has 0 saturated carbocycles. The Morgan fingerprint density at radius 1 is 1.37 bits per heavy atom. The van der Waals surface area contributed by atoms with E-state index in [0.29, 0.717) is 44.8 Å². The number of carboxylic acid groups (broad SMARTS) is 1. The summed E-state index contributed by atoms with van der Waals surface area (Å²) in [5.74, 6) is -2.22. The number of ether oxygens (including phenoxy) is 5. The first kappa shape index (κ1) is 19.8. The molecule has 1 spiro atoms. The van der Waals surface area contributed by atoms with Crippen LogP contribution in [0.4, 0.5) is 10.1 Å². The van der Waals surface area contributed by atoms with Crippen molar-refractivity contribution in [3.05, 3.63) is 23.0 Å². The summed E-state index contributed by atoms with van der Waals surface area (Å²) in [5.41, 5.74) is 1.26. The monoisotopic (exact) mass is 385 g/mol. The van der Waals surface area contributed by atoms with Crippen LogP contribution in [0.25, 0.3) is 0 Å². The van der Waals surface area contributed by atoms with Crippen LogP contribution in [0.3, 0.4) is 0 Å². The van der Waals surface area contributed by atoms with E-state index in [-0.39, 0.29) is 24.7 Å². The molecule has 1 fully saturated rings. The van der Waals surface area contributed by atoms with Crippen LogP contribution in [0.5, 0.6) is 5.75 Å². The van der Waals surface area contributed by atoms with Gasteiger partial charge in [0, 0.05) is 20.0 Å². The van der Waals surface area contributed by atoms with E-state index in [9.17, 15) is 4.79 Å². The molecule has 1 aliphatic carbocycles. The molecule has 1 aromatic rings. The van der Waals surface area contributed by atoms with Crippen LogP contribution < -0.4 is 10.1 Å². The minimum Gasteiger partial charge on any atom is -0.480 e. The van der Waals surface area contributed by atoms with Crippen molar-refractivity contribution in [3.63, 3.8) is 0 Å². The van der Waals surface area contributed by atoms with Crippen molar-refractivity contribution in [1.82, 2.24) is 0 Å². The van der Waals surface area contributed by atoms with Gasteiger partial charge in [-0.3, -0.25) is 4.79 Å². The number of rotatable bonds is 9. The van der Waals surface area contributed by atoms with Crippen molar-refractivity contribution < 1.29 is 38.0 Å². The van der Waals surface area contributed by atoms with E-state index in [1.165, 1.54) is 0 Å². The average molecular weight is 385 g/mol. The Kier molecular flexibility index (Phi) is 6.48. The number of carbonyl (C=O) groups is 1. The fraction of sp³-hybridized carbons (Fsp3) is 0.611. The molecule has 2 N–H and O–H groups in total. The van der Waals surface area contributed by atoms with Crippen LogP contribution in [-0.2, 0) is 36.6 Å². The average Bonchev–Trinajstić information content (AvgIpc) is 3.09. The van der Waals surface area contributed by atoms with Crippen LogP contribution in [0.2, 0.25) is 0 Å². The topological polar surface area (TPSA) is 95.5 Å². The smallest absolute Gasteiger partial charge is 0.322 e. The molecule has 1 aliphatic heterocycles. The van der Waals surface area contributed by atoms with Gasteiger partial charge in [0.2, 0.25) is 0 Å². The highest BCUT2D eigenvalue weighted by Gasteiger charge is 2.41. The Hall–Kier alpha value is -1.94. The summed E-state index contributed by atoms with van der Waals surface area (Å²) in [5, 5.41) is 11.5. The van der Waals surface area contributed by atoms with Crippen molar-refractivity contribution in [2.75, 3.05) is 52.2 Å². The molecule has 0 unspecified atom stereocenters. The third-order valence-electron chi connectivity index (χ3n) is 4.60. The predicted octanol–water partition coefficient (Wildman–Crippen LogP) is 1.55. The molecule has 1 aromatic carbocycles. The first-order valence-electron chi connectivity index (χ1n) is 8.82. The maximum absolute atomic E-state index is 15.2. The summed E-state index contributed by atoms with van der Waals surface area (Å²) in [6.07, 6.45) is 1.48. The van der Waals surface area contributed by atoms with Gasteiger partial charge in [0.25, 0.3) is 0 Å². The Bertz CT molecular complexity index is 676. The van der Waals surface area contributed by atoms with Gasteiger partial charge in [0.15, 0.2) is 18.4 Å². The molecule has 0 radical (unpaired) electrons. The lowest BCUT2D eigenvalue weighted by atomic mass is 9.86. The number of aliphatic carboxylic acids is 1. The first-order valence-corrected chi connectivity index (χ1v) is 8.82. The fourth-order valence-corrected chi connectivity index (χ4v) is 3.31. The van der Waals surface area contributed by atoms with Gasteiger partial charge in [-0.1, -0.05) is 0 Å². The largest absolute Gasteiger partial charge is 0.480 e. The van der Waals surface area contributed by atoms with Crippen molar-refractivity contribution in [2.45, 2.75) is 25.0 Å². The zero-order valence-electron chi connectivity index (χ0n) is 15.2. The Morgan fingerprint density at radius 3 is 2.85 bits per heavy atom. The minimum atomic E-state index is -1.10. The summed E-state index contributed by atoms with van der Waals surface area (Å²) < 4.78 is 42.3. The Labute approximate surface area is 156 Å². The summed E-state index contributed by atoms with van der Waals surface area (Å²) in [6, 6.07) is 1.73. The molecule has 1 heterocycles. The lowest BCUT2D eigenvalue weighted by Gasteiger charge is -2.33. The van der Waals surface area contributed by atoms with E-state index in [2.05, 4.69) is 5.32 Å². The van der Waals surface area contributed by atoms with Crippen LogP contribution in [0, 0.1) is 5.82 Å². The summed E-state index contributed by atoms with van der Waals surface area (Å²) >= 11 is 0. The van der Waals surface area contributed by atoms with Gasteiger partial charge in [0.1, 0.15) is 18.0 Å². The molecular formula is C18H24FNO7. The van der Waals surface area contributed by atoms with Gasteiger partial charge in [-0.25, -0.2) is 4.39 Å². The van der Waals surface area contributed by atoms with Gasteiger partial charge < -0.3 is 34.1 Å². The molecule has 1 saturated heterocycles. The third-order valence-corrected chi connectivity index (χ3v) is 4.60. The molecule has 0 amide bonds. The maximum atomic E-state index is 15.2. The zero-order valence-corrected chi connectivity index (χ0v) is 15.2. The predicted molar refractivity (Wildman–Crippen MR) is 92.5 cm³/mol. The van der Waals surface area contributed by atoms with Crippen LogP contribution in [0.1, 0.15) is 17.5 Å². The van der Waals surface area contributed by atoms with E-state index >= 15 is 4.39 Å². The number of carboxylic acids is 1. The molecule has 8 nitrogen and oxygen atoms in total. The number of methoxy groups -OCH3 is 1. The summed E-state index contributed by atoms with van der Waals surface area (Å²) in [6.45, 7) is 1.18. The van der Waals surface area contributed by atoms with Gasteiger partial charge in [-0.15, -0.1) is 0 Å². The van der Waals surface area contributed by atoms with Crippen LogP contribution in [0.15, 0.2) is 6.07 Å². The third kappa shape index (κ3) is 4.67. The normalized spacial score (nSPS) is 17.7. The van der Waals surface area contributed by atoms with Crippen LogP contribution >= 0.6 is 0 Å². The van der Waals surface area contributed by atoms with Crippen LogP contribution in [-0.4, -0.2) is 63.7 Å². The SMILES string of the molecule is COCCOCOc1cc2c(c(F)c1NCC(=O)O)CC1(CC2)OCCO1. The number of halogens is 1. The number of hydrogen-bond acceptors (Lipinski definition) is 7. The second kappa shape index (κ2) is 8.83. The van der Waals surface area contributed by atoms with Crippen molar-refractivity contribution in [2.24, 2.45) is 0 Å². The molecule has 9 heteroatoms. The Morgan fingerprint density at radius 2 is 2.15 bits per heavy atom.